The lowest BCUT2D eigenvalue weighted by atomic mass is 10.4. The molecule has 0 rings (SSSR count). The average molecular weight is 225 g/mol. The smallest absolute Gasteiger partial charge is 0.214 e. The van der Waals surface area contributed by atoms with Crippen LogP contribution in [0.4, 0.5) is 0 Å². The Balaban J connectivity index is 4.28. The second-order valence-corrected chi connectivity index (χ2v) is 5.59. The fourth-order valence-corrected chi connectivity index (χ4v) is 1.76. The number of hydrogen-bond acceptors (Lipinski definition) is 4. The molecule has 0 unspecified atom stereocenters. The van der Waals surface area contributed by atoms with Gasteiger partial charge in [0.05, 0.1) is 24.5 Å². The first kappa shape index (κ1) is 13.8. The van der Waals surface area contributed by atoms with E-state index in [1.807, 2.05) is 0 Å². The van der Waals surface area contributed by atoms with E-state index in [9.17, 15) is 8.42 Å². The molecule has 86 valence electrons. The molecule has 14 heavy (non-hydrogen) atoms. The van der Waals surface area contributed by atoms with Crippen LogP contribution in [-0.2, 0) is 19.5 Å². The topological polar surface area (TPSA) is 64.6 Å². The van der Waals surface area contributed by atoms with Gasteiger partial charge in [0.25, 0.3) is 0 Å². The largest absolute Gasteiger partial charge is 0.383 e. The molecule has 1 N–H and O–H groups in total. The maximum atomic E-state index is 11.5. The first-order valence-electron chi connectivity index (χ1n) is 4.43. The van der Waals surface area contributed by atoms with E-state index in [0.29, 0.717) is 13.2 Å². The monoisotopic (exact) mass is 225 g/mol. The Labute approximate surface area is 85.8 Å². The van der Waals surface area contributed by atoms with Gasteiger partial charge < -0.3 is 9.47 Å². The summed E-state index contributed by atoms with van der Waals surface area (Å²) < 4.78 is 35.2. The molecule has 0 saturated carbocycles. The van der Waals surface area contributed by atoms with Gasteiger partial charge in [0.2, 0.25) is 10.0 Å². The second kappa shape index (κ2) is 6.34. The molecule has 0 spiro atoms. The van der Waals surface area contributed by atoms with E-state index < -0.39 is 15.3 Å². The Morgan fingerprint density at radius 2 is 1.57 bits per heavy atom. The maximum Gasteiger partial charge on any atom is 0.214 e. The number of nitrogens with one attached hydrogen (secondary N) is 1. The Kier molecular flexibility index (Phi) is 6.26. The van der Waals surface area contributed by atoms with Crippen molar-refractivity contribution < 1.29 is 17.9 Å². The molecule has 0 aromatic rings. The minimum Gasteiger partial charge on any atom is -0.383 e. The van der Waals surface area contributed by atoms with E-state index in [2.05, 4.69) is 4.72 Å². The molecule has 0 aromatic carbocycles. The Hall–Kier alpha value is -0.170. The quantitative estimate of drug-likeness (QED) is 0.661. The third-order valence-corrected chi connectivity index (χ3v) is 3.59. The number of rotatable bonds is 7. The molecule has 0 radical (unpaired) electrons. The average Bonchev–Trinajstić information content (AvgIpc) is 2.04. The highest BCUT2D eigenvalue weighted by Gasteiger charge is 2.20. The van der Waals surface area contributed by atoms with Gasteiger partial charge in [-0.2, -0.15) is 0 Å². The Bertz CT molecular complexity index is 232. The first-order valence-corrected chi connectivity index (χ1v) is 5.97. The van der Waals surface area contributed by atoms with E-state index >= 15 is 0 Å². The SMILES string of the molecule is COCC(COC)NS(=O)(=O)C(C)C. The van der Waals surface area contributed by atoms with Crippen LogP contribution in [0.5, 0.6) is 0 Å². The van der Waals surface area contributed by atoms with Gasteiger partial charge in [0, 0.05) is 14.2 Å². The van der Waals surface area contributed by atoms with E-state index in [4.69, 9.17) is 9.47 Å². The second-order valence-electron chi connectivity index (χ2n) is 3.32. The van der Waals surface area contributed by atoms with E-state index in [-0.39, 0.29) is 6.04 Å². The van der Waals surface area contributed by atoms with Gasteiger partial charge in [0.15, 0.2) is 0 Å². The van der Waals surface area contributed by atoms with Crippen molar-refractivity contribution in [3.8, 4) is 0 Å². The molecule has 0 fully saturated rings. The zero-order chi connectivity index (χ0) is 11.2. The zero-order valence-corrected chi connectivity index (χ0v) is 9.93. The molecule has 0 bridgehead atoms. The van der Waals surface area contributed by atoms with Crippen molar-refractivity contribution in [2.45, 2.75) is 25.1 Å². The molecule has 0 atom stereocenters. The summed E-state index contributed by atoms with van der Waals surface area (Å²) in [5.41, 5.74) is 0. The third kappa shape index (κ3) is 4.90. The molecule has 0 aliphatic heterocycles. The van der Waals surface area contributed by atoms with Crippen LogP contribution in [0.3, 0.4) is 0 Å². The van der Waals surface area contributed by atoms with Crippen molar-refractivity contribution in [1.29, 1.82) is 0 Å². The van der Waals surface area contributed by atoms with Gasteiger partial charge in [-0.3, -0.25) is 0 Å². The lowest BCUT2D eigenvalue weighted by Crippen LogP contribution is -2.44. The minimum atomic E-state index is -3.25. The standard InChI is InChI=1S/C8H19NO4S/c1-7(2)14(10,11)9-8(5-12-3)6-13-4/h7-9H,5-6H2,1-4H3. The van der Waals surface area contributed by atoms with E-state index in [0.717, 1.165) is 0 Å². The van der Waals surface area contributed by atoms with Crippen molar-refractivity contribution in [1.82, 2.24) is 4.72 Å². The molecule has 0 heterocycles. The van der Waals surface area contributed by atoms with Gasteiger partial charge in [-0.05, 0) is 13.8 Å². The summed E-state index contributed by atoms with van der Waals surface area (Å²) in [6.07, 6.45) is 0. The van der Waals surface area contributed by atoms with Crippen LogP contribution in [0.15, 0.2) is 0 Å². The van der Waals surface area contributed by atoms with Crippen LogP contribution < -0.4 is 4.72 Å². The number of hydrogen-bond donors (Lipinski definition) is 1. The highest BCUT2D eigenvalue weighted by Crippen LogP contribution is 1.99. The van der Waals surface area contributed by atoms with Crippen LogP contribution in [0.2, 0.25) is 0 Å². The summed E-state index contributed by atoms with van der Waals surface area (Å²) in [7, 11) is -0.211. The van der Waals surface area contributed by atoms with Gasteiger partial charge in [-0.25, -0.2) is 13.1 Å². The van der Waals surface area contributed by atoms with Crippen molar-refractivity contribution in [2.75, 3.05) is 27.4 Å². The molecule has 5 nitrogen and oxygen atoms in total. The normalized spacial score (nSPS) is 12.7. The van der Waals surface area contributed by atoms with Crippen molar-refractivity contribution in [3.63, 3.8) is 0 Å². The van der Waals surface area contributed by atoms with Gasteiger partial charge in [0.1, 0.15) is 0 Å². The molecule has 0 aliphatic carbocycles. The maximum absolute atomic E-state index is 11.5. The predicted octanol–water partition coefficient (Wildman–Crippen LogP) is -0.0244. The lowest BCUT2D eigenvalue weighted by molar-refractivity contribution is 0.112. The Morgan fingerprint density at radius 1 is 1.14 bits per heavy atom. The minimum absolute atomic E-state index is 0.305. The summed E-state index contributed by atoms with van der Waals surface area (Å²) in [4.78, 5) is 0. The zero-order valence-electron chi connectivity index (χ0n) is 9.11. The van der Waals surface area contributed by atoms with Crippen molar-refractivity contribution in [2.24, 2.45) is 0 Å². The van der Waals surface area contributed by atoms with Crippen LogP contribution in [-0.4, -0.2) is 47.1 Å². The molecule has 0 aliphatic rings. The lowest BCUT2D eigenvalue weighted by Gasteiger charge is -2.18. The van der Waals surface area contributed by atoms with E-state index in [1.165, 1.54) is 14.2 Å². The molecular formula is C8H19NO4S. The third-order valence-electron chi connectivity index (χ3n) is 1.69. The summed E-state index contributed by atoms with van der Waals surface area (Å²) in [6.45, 7) is 3.86. The summed E-state index contributed by atoms with van der Waals surface area (Å²) in [5, 5.41) is -0.446. The van der Waals surface area contributed by atoms with Crippen molar-refractivity contribution in [3.05, 3.63) is 0 Å². The number of sulfonamides is 1. The van der Waals surface area contributed by atoms with Gasteiger partial charge in [-0.1, -0.05) is 0 Å². The number of methoxy groups -OCH3 is 2. The van der Waals surface area contributed by atoms with Crippen LogP contribution in [0, 0.1) is 0 Å². The number of ether oxygens (including phenoxy) is 2. The van der Waals surface area contributed by atoms with Crippen LogP contribution in [0.1, 0.15) is 13.8 Å². The molecular weight excluding hydrogens is 206 g/mol. The van der Waals surface area contributed by atoms with Crippen LogP contribution >= 0.6 is 0 Å². The molecule has 0 amide bonds. The highest BCUT2D eigenvalue weighted by molar-refractivity contribution is 7.90. The highest BCUT2D eigenvalue weighted by atomic mass is 32.2. The summed E-state index contributed by atoms with van der Waals surface area (Å²) >= 11 is 0. The first-order chi connectivity index (χ1) is 6.44. The summed E-state index contributed by atoms with van der Waals surface area (Å²) in [5.74, 6) is 0. The fraction of sp³-hybridized carbons (Fsp3) is 1.00. The van der Waals surface area contributed by atoms with Gasteiger partial charge >= 0.3 is 0 Å². The predicted molar refractivity (Wildman–Crippen MR) is 54.7 cm³/mol. The van der Waals surface area contributed by atoms with E-state index in [1.54, 1.807) is 13.8 Å². The fourth-order valence-electron chi connectivity index (χ4n) is 0.887. The van der Waals surface area contributed by atoms with Gasteiger partial charge in [-0.15, -0.1) is 0 Å². The Morgan fingerprint density at radius 3 is 1.86 bits per heavy atom. The van der Waals surface area contributed by atoms with Crippen LogP contribution in [0.25, 0.3) is 0 Å². The summed E-state index contributed by atoms with van der Waals surface area (Å²) in [6, 6.07) is -0.322. The molecule has 6 heteroatoms. The van der Waals surface area contributed by atoms with Crippen molar-refractivity contribution >= 4 is 10.0 Å². The molecule has 0 aromatic heterocycles. The molecule has 0 saturated heterocycles.